The third-order valence-electron chi connectivity index (χ3n) is 14.3. The van der Waals surface area contributed by atoms with Crippen LogP contribution >= 0.6 is 0 Å². The van der Waals surface area contributed by atoms with Crippen molar-refractivity contribution < 1.29 is 28.8 Å². The van der Waals surface area contributed by atoms with Crippen molar-refractivity contribution in [3.8, 4) is 0 Å². The summed E-state index contributed by atoms with van der Waals surface area (Å²) in [5, 5.41) is 27.5. The highest BCUT2D eigenvalue weighted by atomic mass is 16.2. The van der Waals surface area contributed by atoms with E-state index in [4.69, 9.17) is 0 Å². The summed E-state index contributed by atoms with van der Waals surface area (Å²) >= 11 is 0. The van der Waals surface area contributed by atoms with Crippen LogP contribution < -0.4 is 31.9 Å². The van der Waals surface area contributed by atoms with E-state index in [9.17, 15) is 28.8 Å². The zero-order valence-corrected chi connectivity index (χ0v) is 37.7. The lowest BCUT2D eigenvalue weighted by atomic mass is 9.77. The lowest BCUT2D eigenvalue weighted by Gasteiger charge is -2.35. The molecule has 16 nitrogen and oxygen atoms in total. The second-order valence-corrected chi connectivity index (χ2v) is 18.4. The first-order chi connectivity index (χ1) is 29.5. The number of ketones is 1. The quantitative estimate of drug-likeness (QED) is 0.0535. The summed E-state index contributed by atoms with van der Waals surface area (Å²) in [5.41, 5.74) is 0. The van der Waals surface area contributed by atoms with Crippen molar-refractivity contribution in [2.24, 2.45) is 33.9 Å². The summed E-state index contributed by atoms with van der Waals surface area (Å²) in [6.07, 6.45) is 12.1. The van der Waals surface area contributed by atoms with E-state index in [1.165, 1.54) is 0 Å². The smallest absolute Gasteiger partial charge is 0.315 e. The highest BCUT2D eigenvalue weighted by Crippen LogP contribution is 2.33. The zero-order chi connectivity index (χ0) is 43.7. The first kappa shape index (κ1) is 48.4. The van der Waals surface area contributed by atoms with Crippen molar-refractivity contribution in [1.82, 2.24) is 41.7 Å². The van der Waals surface area contributed by atoms with Gasteiger partial charge in [-0.15, -0.1) is 0 Å². The number of fused-ring (bicyclic) bond motifs is 1. The Balaban J connectivity index is 1.14. The van der Waals surface area contributed by atoms with Crippen LogP contribution in [0.15, 0.2) is 10.2 Å². The second kappa shape index (κ2) is 24.8. The van der Waals surface area contributed by atoms with Crippen LogP contribution in [-0.4, -0.2) is 134 Å². The van der Waals surface area contributed by atoms with E-state index in [0.29, 0.717) is 70.9 Å². The minimum Gasteiger partial charge on any atom is -0.356 e. The maximum absolute atomic E-state index is 13.8. The number of amides is 6. The monoisotopic (exact) mass is 855 g/mol. The number of carbonyl (C=O) groups excluding carboxylic acids is 6. The van der Waals surface area contributed by atoms with E-state index in [0.717, 1.165) is 90.6 Å². The second-order valence-electron chi connectivity index (χ2n) is 18.4. The molecule has 5 fully saturated rings. The van der Waals surface area contributed by atoms with Crippen molar-refractivity contribution in [1.29, 1.82) is 0 Å². The number of hydrogen-bond donors (Lipinski definition) is 6. The van der Waals surface area contributed by atoms with Gasteiger partial charge in [-0.2, -0.15) is 10.2 Å². The standard InChI is InChI=1S/C45H78N10O6/c1-5-54(6-2)24-12-22-46-41(57)32-26-33(42(58)47-23-13-25-55(7-3)8-4)28-36(27-32)49-43(59)31-16-18-34(19-17-31)52-53-39(40(56)30-14-10-9-11-15-30)44(60)48-35-20-21-37-38(29-35)51-45(61)50-37/h30-39H,5-29H2,1-4H3,(H,46,57)(H,47,58)(H,48,60)(H,49,59)(H2,50,51,61). The van der Waals surface area contributed by atoms with Gasteiger partial charge in [0, 0.05) is 48.8 Å². The van der Waals surface area contributed by atoms with E-state index < -0.39 is 11.9 Å². The van der Waals surface area contributed by atoms with Crippen molar-refractivity contribution >= 4 is 35.4 Å². The first-order valence-electron chi connectivity index (χ1n) is 24.1. The van der Waals surface area contributed by atoms with Crippen LogP contribution in [-0.2, 0) is 24.0 Å². The highest BCUT2D eigenvalue weighted by Gasteiger charge is 2.41. The molecule has 16 heteroatoms. The molecule has 0 bridgehead atoms. The van der Waals surface area contributed by atoms with Gasteiger partial charge in [0.15, 0.2) is 5.78 Å². The van der Waals surface area contributed by atoms with E-state index >= 15 is 0 Å². The lowest BCUT2D eigenvalue weighted by molar-refractivity contribution is -0.134. The average molecular weight is 855 g/mol. The van der Waals surface area contributed by atoms with E-state index in [-0.39, 0.29) is 83.4 Å². The Morgan fingerprint density at radius 1 is 0.607 bits per heavy atom. The van der Waals surface area contributed by atoms with Crippen LogP contribution in [0.2, 0.25) is 0 Å². The van der Waals surface area contributed by atoms with Gasteiger partial charge in [-0.1, -0.05) is 47.0 Å². The number of azo groups is 1. The fourth-order valence-electron chi connectivity index (χ4n) is 10.3. The number of carbonyl (C=O) groups is 6. The molecule has 344 valence electrons. The van der Waals surface area contributed by atoms with Crippen LogP contribution in [0.25, 0.3) is 0 Å². The Labute approximate surface area is 364 Å². The van der Waals surface area contributed by atoms with Crippen LogP contribution in [0.3, 0.4) is 0 Å². The molecule has 5 aliphatic rings. The van der Waals surface area contributed by atoms with Gasteiger partial charge < -0.3 is 41.7 Å². The highest BCUT2D eigenvalue weighted by molar-refractivity contribution is 6.06. The predicted octanol–water partition coefficient (Wildman–Crippen LogP) is 3.83. The number of Topliss-reactive ketones (excluding diaryl/α,β-unsaturated/α-hetero) is 1. The van der Waals surface area contributed by atoms with Crippen molar-refractivity contribution in [3.63, 3.8) is 0 Å². The van der Waals surface area contributed by atoms with Gasteiger partial charge in [0.25, 0.3) is 5.91 Å². The van der Waals surface area contributed by atoms with E-state index in [2.05, 4.69) is 79.6 Å². The largest absolute Gasteiger partial charge is 0.356 e. The molecule has 61 heavy (non-hydrogen) atoms. The SMILES string of the molecule is CCN(CC)CCCNC(=O)C1CC(NC(=O)C2CCC(N=NC(C(=O)NC3CCC4NC(=O)NC4C3)C(=O)C3CCCCC3)CC2)CC(C(=O)NCCCN(CC)CC)C1. The van der Waals surface area contributed by atoms with Gasteiger partial charge in [0.05, 0.1) is 18.1 Å². The molecular formula is C45H78N10O6. The van der Waals surface area contributed by atoms with Crippen molar-refractivity contribution in [2.45, 2.75) is 173 Å². The fraction of sp³-hybridized carbons (Fsp3) is 0.867. The number of rotatable bonds is 22. The van der Waals surface area contributed by atoms with Crippen molar-refractivity contribution in [3.05, 3.63) is 0 Å². The number of hydrogen-bond acceptors (Lipinski definition) is 10. The van der Waals surface area contributed by atoms with Gasteiger partial charge in [0.1, 0.15) is 0 Å². The Hall–Kier alpha value is -3.66. The summed E-state index contributed by atoms with van der Waals surface area (Å²) in [7, 11) is 0. The molecule has 4 saturated carbocycles. The minimum atomic E-state index is -1.20. The maximum Gasteiger partial charge on any atom is 0.315 e. The summed E-state index contributed by atoms with van der Waals surface area (Å²) in [6, 6.07) is -2.04. The van der Waals surface area contributed by atoms with Gasteiger partial charge in [-0.3, -0.25) is 24.0 Å². The first-order valence-corrected chi connectivity index (χ1v) is 24.1. The summed E-state index contributed by atoms with van der Waals surface area (Å²) in [6.45, 7) is 15.4. The number of nitrogens with one attached hydrogen (secondary N) is 6. The Kier molecular flexibility index (Phi) is 19.7. The lowest BCUT2D eigenvalue weighted by Crippen LogP contribution is -2.51. The third kappa shape index (κ3) is 14.7. The zero-order valence-electron chi connectivity index (χ0n) is 37.7. The third-order valence-corrected chi connectivity index (χ3v) is 14.3. The molecule has 0 aromatic rings. The predicted molar refractivity (Wildman–Crippen MR) is 235 cm³/mol. The van der Waals surface area contributed by atoms with E-state index in [1.54, 1.807) is 0 Å². The summed E-state index contributed by atoms with van der Waals surface area (Å²) in [5.74, 6) is -1.93. The Morgan fingerprint density at radius 3 is 1.75 bits per heavy atom. The average Bonchev–Trinajstić information content (AvgIpc) is 3.65. The number of nitrogens with zero attached hydrogens (tertiary/aromatic N) is 4. The fourth-order valence-corrected chi connectivity index (χ4v) is 10.3. The molecule has 1 saturated heterocycles. The van der Waals surface area contributed by atoms with Crippen LogP contribution in [0.4, 0.5) is 4.79 Å². The van der Waals surface area contributed by atoms with Crippen LogP contribution in [0.1, 0.15) is 137 Å². The maximum atomic E-state index is 13.8. The molecule has 0 aromatic heterocycles. The van der Waals surface area contributed by atoms with Gasteiger partial charge in [-0.05, 0) is 129 Å². The molecule has 6 amide bonds. The molecule has 1 aliphatic heterocycles. The molecule has 1 heterocycles. The number of urea groups is 1. The molecule has 0 radical (unpaired) electrons. The molecule has 0 spiro atoms. The van der Waals surface area contributed by atoms with Crippen molar-refractivity contribution in [2.75, 3.05) is 52.4 Å². The summed E-state index contributed by atoms with van der Waals surface area (Å²) in [4.78, 5) is 84.8. The molecule has 6 N–H and O–H groups in total. The van der Waals surface area contributed by atoms with Crippen LogP contribution in [0, 0.1) is 23.7 Å². The molecule has 0 aromatic carbocycles. The van der Waals surface area contributed by atoms with Gasteiger partial charge >= 0.3 is 6.03 Å². The molecule has 5 rings (SSSR count). The molecule has 6 atom stereocenters. The van der Waals surface area contributed by atoms with Gasteiger partial charge in [-0.25, -0.2) is 4.79 Å². The minimum absolute atomic E-state index is 0.0513. The topological polar surface area (TPSA) is 206 Å². The molecular weight excluding hydrogens is 777 g/mol. The Morgan fingerprint density at radius 2 is 1.18 bits per heavy atom. The summed E-state index contributed by atoms with van der Waals surface area (Å²) < 4.78 is 0. The Bertz CT molecular complexity index is 1430. The van der Waals surface area contributed by atoms with Crippen LogP contribution in [0.5, 0.6) is 0 Å². The molecule has 4 aliphatic carbocycles. The molecule has 6 unspecified atom stereocenters. The van der Waals surface area contributed by atoms with Gasteiger partial charge in [0.2, 0.25) is 23.8 Å². The van der Waals surface area contributed by atoms with E-state index in [1.807, 2.05) is 0 Å². The normalized spacial score (nSPS) is 28.7.